The Bertz CT molecular complexity index is 842. The molecule has 0 saturated carbocycles. The van der Waals surface area contributed by atoms with Crippen molar-refractivity contribution in [1.29, 1.82) is 0 Å². The lowest BCUT2D eigenvalue weighted by Gasteiger charge is -2.07. The maximum Gasteiger partial charge on any atom is 0.320 e. The Morgan fingerprint density at radius 1 is 1.17 bits per heavy atom. The van der Waals surface area contributed by atoms with Crippen molar-refractivity contribution in [1.82, 2.24) is 10.5 Å². The number of rotatable bonds is 4. The van der Waals surface area contributed by atoms with Crippen LogP contribution in [0.4, 0.5) is 10.6 Å². The third-order valence-corrected chi connectivity index (χ3v) is 3.43. The van der Waals surface area contributed by atoms with Gasteiger partial charge in [-0.05, 0) is 41.5 Å². The zero-order valence-corrected chi connectivity index (χ0v) is 12.9. The number of nitrogens with zero attached hydrogens (tertiary/aromatic N) is 1. The van der Waals surface area contributed by atoms with Gasteiger partial charge in [-0.1, -0.05) is 23.4 Å². The Hall–Kier alpha value is -3.02. The van der Waals surface area contributed by atoms with E-state index in [1.54, 1.807) is 20.1 Å². The Kier molecular flexibility index (Phi) is 4.14. The fraction of sp³-hybridized carbons (Fsp3) is 0.176. The normalized spacial score (nSPS) is 10.5. The number of aryl methyl sites for hydroxylation is 1. The maximum atomic E-state index is 11.8. The Balaban J connectivity index is 1.63. The molecule has 0 saturated heterocycles. The summed E-state index contributed by atoms with van der Waals surface area (Å²) < 4.78 is 10.1. The van der Waals surface area contributed by atoms with Gasteiger partial charge in [0, 0.05) is 12.6 Å². The van der Waals surface area contributed by atoms with E-state index in [1.165, 1.54) is 0 Å². The first kappa shape index (κ1) is 14.9. The highest BCUT2D eigenvalue weighted by Crippen LogP contribution is 2.21. The van der Waals surface area contributed by atoms with Crippen LogP contribution in [-0.4, -0.2) is 18.3 Å². The minimum atomic E-state index is -0.326. The van der Waals surface area contributed by atoms with Gasteiger partial charge in [0.2, 0.25) is 0 Å². The van der Waals surface area contributed by atoms with Gasteiger partial charge in [0.05, 0.1) is 7.11 Å². The second kappa shape index (κ2) is 6.39. The first-order chi connectivity index (χ1) is 11.1. The van der Waals surface area contributed by atoms with E-state index in [0.717, 1.165) is 22.1 Å². The third-order valence-electron chi connectivity index (χ3n) is 3.43. The molecule has 0 radical (unpaired) electrons. The van der Waals surface area contributed by atoms with E-state index in [-0.39, 0.29) is 6.03 Å². The largest absolute Gasteiger partial charge is 0.497 e. The van der Waals surface area contributed by atoms with E-state index in [9.17, 15) is 4.79 Å². The molecule has 6 heteroatoms. The van der Waals surface area contributed by atoms with Gasteiger partial charge in [-0.15, -0.1) is 0 Å². The van der Waals surface area contributed by atoms with E-state index in [0.29, 0.717) is 18.1 Å². The van der Waals surface area contributed by atoms with Gasteiger partial charge in [0.1, 0.15) is 11.5 Å². The molecule has 0 fully saturated rings. The van der Waals surface area contributed by atoms with Crippen molar-refractivity contribution in [2.75, 3.05) is 12.4 Å². The second-order valence-corrected chi connectivity index (χ2v) is 5.18. The smallest absolute Gasteiger partial charge is 0.320 e. The Labute approximate surface area is 133 Å². The Morgan fingerprint density at radius 2 is 1.96 bits per heavy atom. The molecule has 2 aromatic carbocycles. The first-order valence-electron chi connectivity index (χ1n) is 7.19. The summed E-state index contributed by atoms with van der Waals surface area (Å²) in [4.78, 5) is 11.8. The SMILES string of the molecule is COc1ccc2cc(CNC(=O)Nc3cc(C)on3)ccc2c1. The highest BCUT2D eigenvalue weighted by molar-refractivity contribution is 5.88. The molecule has 6 nitrogen and oxygen atoms in total. The van der Waals surface area contributed by atoms with Gasteiger partial charge in [0.25, 0.3) is 0 Å². The predicted octanol–water partition coefficient (Wildman–Crippen LogP) is 3.47. The van der Waals surface area contributed by atoms with E-state index >= 15 is 0 Å². The molecule has 0 spiro atoms. The number of carbonyl (C=O) groups is 1. The van der Waals surface area contributed by atoms with Crippen molar-refractivity contribution < 1.29 is 14.1 Å². The molecule has 2 amide bonds. The van der Waals surface area contributed by atoms with Crippen LogP contribution in [0.15, 0.2) is 47.0 Å². The van der Waals surface area contributed by atoms with Gasteiger partial charge < -0.3 is 14.6 Å². The molecule has 1 heterocycles. The number of anilines is 1. The van der Waals surface area contributed by atoms with Crippen LogP contribution in [0.5, 0.6) is 5.75 Å². The molecule has 3 aromatic rings. The highest BCUT2D eigenvalue weighted by Gasteiger charge is 2.06. The summed E-state index contributed by atoms with van der Waals surface area (Å²) in [6.45, 7) is 2.19. The molecule has 0 atom stereocenters. The van der Waals surface area contributed by atoms with Gasteiger partial charge in [-0.3, -0.25) is 5.32 Å². The van der Waals surface area contributed by atoms with Crippen molar-refractivity contribution >= 4 is 22.6 Å². The first-order valence-corrected chi connectivity index (χ1v) is 7.19. The quantitative estimate of drug-likeness (QED) is 0.773. The molecular weight excluding hydrogens is 294 g/mol. The number of nitrogens with one attached hydrogen (secondary N) is 2. The van der Waals surface area contributed by atoms with Gasteiger partial charge in [-0.25, -0.2) is 4.79 Å². The lowest BCUT2D eigenvalue weighted by atomic mass is 10.1. The van der Waals surface area contributed by atoms with Crippen molar-refractivity contribution in [2.45, 2.75) is 13.5 Å². The monoisotopic (exact) mass is 311 g/mol. The standard InChI is InChI=1S/C17H17N3O3/c1-11-7-16(20-23-11)19-17(21)18-10-12-3-4-14-9-15(22-2)6-5-13(14)8-12/h3-9H,10H2,1-2H3,(H2,18,19,20,21). The molecule has 0 bridgehead atoms. The summed E-state index contributed by atoms with van der Waals surface area (Å²) in [5.74, 6) is 1.86. The minimum Gasteiger partial charge on any atom is -0.497 e. The van der Waals surface area contributed by atoms with E-state index < -0.39 is 0 Å². The van der Waals surface area contributed by atoms with Crippen molar-refractivity contribution in [3.63, 3.8) is 0 Å². The maximum absolute atomic E-state index is 11.8. The number of hydrogen-bond donors (Lipinski definition) is 2. The van der Waals surface area contributed by atoms with Crippen LogP contribution >= 0.6 is 0 Å². The fourth-order valence-corrected chi connectivity index (χ4v) is 2.28. The van der Waals surface area contributed by atoms with Gasteiger partial charge >= 0.3 is 6.03 Å². The highest BCUT2D eigenvalue weighted by atomic mass is 16.5. The Morgan fingerprint density at radius 3 is 2.70 bits per heavy atom. The molecule has 0 aliphatic heterocycles. The average Bonchev–Trinajstić information content (AvgIpc) is 2.97. The summed E-state index contributed by atoms with van der Waals surface area (Å²) >= 11 is 0. The molecule has 118 valence electrons. The van der Waals surface area contributed by atoms with E-state index in [2.05, 4.69) is 15.8 Å². The van der Waals surface area contributed by atoms with Crippen molar-refractivity contribution in [3.8, 4) is 5.75 Å². The summed E-state index contributed by atoms with van der Waals surface area (Å²) in [5, 5.41) is 11.3. The summed E-state index contributed by atoms with van der Waals surface area (Å²) in [7, 11) is 1.65. The molecule has 23 heavy (non-hydrogen) atoms. The minimum absolute atomic E-state index is 0.326. The number of benzene rings is 2. The van der Waals surface area contributed by atoms with Crippen molar-refractivity contribution in [3.05, 3.63) is 53.8 Å². The number of ether oxygens (including phenoxy) is 1. The third kappa shape index (κ3) is 3.60. The number of amides is 2. The topological polar surface area (TPSA) is 76.4 Å². The van der Waals surface area contributed by atoms with Crippen LogP contribution in [0, 0.1) is 6.92 Å². The lowest BCUT2D eigenvalue weighted by Crippen LogP contribution is -2.28. The van der Waals surface area contributed by atoms with Crippen LogP contribution in [-0.2, 0) is 6.54 Å². The number of hydrogen-bond acceptors (Lipinski definition) is 4. The number of aromatic nitrogens is 1. The summed E-state index contributed by atoms with van der Waals surface area (Å²) in [6.07, 6.45) is 0. The molecule has 1 aromatic heterocycles. The number of methoxy groups -OCH3 is 1. The van der Waals surface area contributed by atoms with E-state index in [4.69, 9.17) is 9.26 Å². The second-order valence-electron chi connectivity index (χ2n) is 5.18. The van der Waals surface area contributed by atoms with Gasteiger partial charge in [-0.2, -0.15) is 0 Å². The molecule has 2 N–H and O–H groups in total. The van der Waals surface area contributed by atoms with E-state index in [1.807, 2.05) is 36.4 Å². The summed E-state index contributed by atoms with van der Waals surface area (Å²) in [6, 6.07) is 13.2. The fourth-order valence-electron chi connectivity index (χ4n) is 2.28. The van der Waals surface area contributed by atoms with Crippen LogP contribution in [0.3, 0.4) is 0 Å². The van der Waals surface area contributed by atoms with Crippen LogP contribution in [0.25, 0.3) is 10.8 Å². The number of carbonyl (C=O) groups excluding carboxylic acids is 1. The molecule has 0 aliphatic carbocycles. The zero-order chi connectivity index (χ0) is 16.2. The average molecular weight is 311 g/mol. The van der Waals surface area contributed by atoms with Crippen LogP contribution in [0.2, 0.25) is 0 Å². The molecule has 0 aliphatic rings. The number of urea groups is 1. The molecule has 0 unspecified atom stereocenters. The van der Waals surface area contributed by atoms with Crippen molar-refractivity contribution in [2.24, 2.45) is 0 Å². The van der Waals surface area contributed by atoms with Crippen LogP contribution < -0.4 is 15.4 Å². The van der Waals surface area contributed by atoms with Crippen LogP contribution in [0.1, 0.15) is 11.3 Å². The lowest BCUT2D eigenvalue weighted by molar-refractivity contribution is 0.251. The predicted molar refractivity (Wildman–Crippen MR) is 87.6 cm³/mol. The van der Waals surface area contributed by atoms with Gasteiger partial charge in [0.15, 0.2) is 5.82 Å². The summed E-state index contributed by atoms with van der Waals surface area (Å²) in [5.41, 5.74) is 1.01. The molecule has 3 rings (SSSR count). The molecular formula is C17H17N3O3. The zero-order valence-electron chi connectivity index (χ0n) is 12.9. The number of fused-ring (bicyclic) bond motifs is 1.